The van der Waals surface area contributed by atoms with Crippen molar-refractivity contribution in [3.63, 3.8) is 0 Å². The standard InChI is InChI=1S/C6H7ClN2O2S/c1-11-4-3(7)5(12-2)9-6(10)8-4/h1-2H3,(H,8,9,10). The fourth-order valence-electron chi connectivity index (χ4n) is 0.667. The van der Waals surface area contributed by atoms with Gasteiger partial charge in [0.05, 0.1) is 7.11 Å². The van der Waals surface area contributed by atoms with Crippen molar-refractivity contribution in [2.45, 2.75) is 5.03 Å². The van der Waals surface area contributed by atoms with Crippen molar-refractivity contribution in [2.24, 2.45) is 0 Å². The predicted octanol–water partition coefficient (Wildman–Crippen LogP) is 1.57. The molecule has 1 N–H and O–H groups in total. The second-order valence-electron chi connectivity index (χ2n) is 1.86. The summed E-state index contributed by atoms with van der Waals surface area (Å²) in [5, 5.41) is 9.83. The molecule has 0 aliphatic carbocycles. The Morgan fingerprint density at radius 1 is 1.50 bits per heavy atom. The van der Waals surface area contributed by atoms with Crippen LogP contribution in [-0.2, 0) is 0 Å². The summed E-state index contributed by atoms with van der Waals surface area (Å²) in [4.78, 5) is 7.27. The summed E-state index contributed by atoms with van der Waals surface area (Å²) in [6, 6.07) is -0.333. The van der Waals surface area contributed by atoms with Gasteiger partial charge < -0.3 is 9.84 Å². The number of halogens is 1. The van der Waals surface area contributed by atoms with E-state index in [0.717, 1.165) is 0 Å². The molecule has 0 saturated heterocycles. The maximum Gasteiger partial charge on any atom is 0.318 e. The molecular weight excluding hydrogens is 200 g/mol. The Bertz CT molecular complexity index is 270. The molecule has 0 fully saturated rings. The lowest BCUT2D eigenvalue weighted by atomic mass is 10.6. The normalized spacial score (nSPS) is 9.92. The van der Waals surface area contributed by atoms with E-state index in [1.165, 1.54) is 18.9 Å². The number of hydrogen-bond donors (Lipinski definition) is 1. The molecule has 1 aromatic rings. The second-order valence-corrected chi connectivity index (χ2v) is 3.03. The molecule has 66 valence electrons. The lowest BCUT2D eigenvalue weighted by Crippen LogP contribution is -1.93. The van der Waals surface area contributed by atoms with Crippen molar-refractivity contribution < 1.29 is 9.84 Å². The van der Waals surface area contributed by atoms with Crippen molar-refractivity contribution in [3.05, 3.63) is 5.02 Å². The summed E-state index contributed by atoms with van der Waals surface area (Å²) < 4.78 is 4.81. The highest BCUT2D eigenvalue weighted by Gasteiger charge is 2.11. The molecule has 0 aliphatic rings. The van der Waals surface area contributed by atoms with E-state index in [1.54, 1.807) is 6.26 Å². The van der Waals surface area contributed by atoms with E-state index in [2.05, 4.69) is 9.97 Å². The molecule has 0 unspecified atom stereocenters. The molecule has 0 radical (unpaired) electrons. The zero-order chi connectivity index (χ0) is 9.14. The van der Waals surface area contributed by atoms with Crippen LogP contribution in [0.2, 0.25) is 5.02 Å². The van der Waals surface area contributed by atoms with Gasteiger partial charge in [0, 0.05) is 0 Å². The summed E-state index contributed by atoms with van der Waals surface area (Å²) in [6.07, 6.45) is 1.80. The van der Waals surface area contributed by atoms with Crippen LogP contribution >= 0.6 is 23.4 Å². The van der Waals surface area contributed by atoms with Gasteiger partial charge in [0.1, 0.15) is 10.0 Å². The SMILES string of the molecule is COc1nc(O)nc(SC)c1Cl. The van der Waals surface area contributed by atoms with Crippen LogP contribution in [0.1, 0.15) is 0 Å². The summed E-state index contributed by atoms with van der Waals surface area (Å²) >= 11 is 7.12. The lowest BCUT2D eigenvalue weighted by molar-refractivity contribution is 0.367. The number of nitrogens with zero attached hydrogens (tertiary/aromatic N) is 2. The molecule has 4 nitrogen and oxygen atoms in total. The summed E-state index contributed by atoms with van der Waals surface area (Å²) in [7, 11) is 1.43. The fraction of sp³-hybridized carbons (Fsp3) is 0.333. The Kier molecular flexibility index (Phi) is 2.99. The molecule has 0 atom stereocenters. The van der Waals surface area contributed by atoms with E-state index in [1.807, 2.05) is 0 Å². The Labute approximate surface area is 78.9 Å². The highest BCUT2D eigenvalue weighted by Crippen LogP contribution is 2.31. The van der Waals surface area contributed by atoms with Crippen LogP contribution in [0.4, 0.5) is 0 Å². The van der Waals surface area contributed by atoms with Gasteiger partial charge >= 0.3 is 6.01 Å². The Balaban J connectivity index is 3.22. The smallest absolute Gasteiger partial charge is 0.318 e. The van der Waals surface area contributed by atoms with Gasteiger partial charge in [-0.25, -0.2) is 0 Å². The van der Waals surface area contributed by atoms with Crippen LogP contribution in [0.3, 0.4) is 0 Å². The van der Waals surface area contributed by atoms with Crippen molar-refractivity contribution in [3.8, 4) is 11.9 Å². The van der Waals surface area contributed by atoms with Gasteiger partial charge in [-0.05, 0) is 6.26 Å². The quantitative estimate of drug-likeness (QED) is 0.588. The largest absolute Gasteiger partial charge is 0.480 e. The molecule has 0 aliphatic heterocycles. The van der Waals surface area contributed by atoms with Crippen LogP contribution < -0.4 is 4.74 Å². The van der Waals surface area contributed by atoms with Crippen LogP contribution in [0, 0.1) is 0 Å². The minimum atomic E-state index is -0.333. The first-order valence-electron chi connectivity index (χ1n) is 3.03. The van der Waals surface area contributed by atoms with Crippen molar-refractivity contribution in [1.82, 2.24) is 9.97 Å². The summed E-state index contributed by atoms with van der Waals surface area (Å²) in [5.41, 5.74) is 0. The molecule has 1 rings (SSSR count). The van der Waals surface area contributed by atoms with Gasteiger partial charge in [-0.1, -0.05) is 11.6 Å². The third-order valence-electron chi connectivity index (χ3n) is 1.17. The third kappa shape index (κ3) is 1.73. The van der Waals surface area contributed by atoms with E-state index in [-0.39, 0.29) is 11.9 Å². The van der Waals surface area contributed by atoms with E-state index in [9.17, 15) is 0 Å². The van der Waals surface area contributed by atoms with E-state index < -0.39 is 0 Å². The van der Waals surface area contributed by atoms with Gasteiger partial charge in [-0.15, -0.1) is 11.8 Å². The number of ether oxygens (including phenoxy) is 1. The van der Waals surface area contributed by atoms with E-state index >= 15 is 0 Å². The summed E-state index contributed by atoms with van der Waals surface area (Å²) in [5.74, 6) is 0.188. The Morgan fingerprint density at radius 3 is 2.67 bits per heavy atom. The van der Waals surface area contributed by atoms with Crippen molar-refractivity contribution >= 4 is 23.4 Å². The van der Waals surface area contributed by atoms with Crippen LogP contribution in [0.15, 0.2) is 5.03 Å². The third-order valence-corrected chi connectivity index (χ3v) is 2.30. The van der Waals surface area contributed by atoms with Gasteiger partial charge in [0.2, 0.25) is 5.88 Å². The molecule has 0 aromatic carbocycles. The number of thioether (sulfide) groups is 1. The average molecular weight is 207 g/mol. The maximum atomic E-state index is 9.01. The first-order chi connectivity index (χ1) is 5.69. The molecule has 12 heavy (non-hydrogen) atoms. The highest BCUT2D eigenvalue weighted by atomic mass is 35.5. The number of aromatic hydroxyl groups is 1. The highest BCUT2D eigenvalue weighted by molar-refractivity contribution is 7.98. The Hall–Kier alpha value is -0.680. The molecule has 0 spiro atoms. The van der Waals surface area contributed by atoms with Gasteiger partial charge in [-0.3, -0.25) is 0 Å². The molecule has 0 amide bonds. The van der Waals surface area contributed by atoms with E-state index in [0.29, 0.717) is 10.0 Å². The predicted molar refractivity (Wildman–Crippen MR) is 47.0 cm³/mol. The summed E-state index contributed by atoms with van der Waals surface area (Å²) in [6.45, 7) is 0. The topological polar surface area (TPSA) is 55.2 Å². The zero-order valence-corrected chi connectivity index (χ0v) is 8.11. The number of rotatable bonds is 2. The number of hydrogen-bond acceptors (Lipinski definition) is 5. The lowest BCUT2D eigenvalue weighted by Gasteiger charge is -2.04. The number of methoxy groups -OCH3 is 1. The fourth-order valence-corrected chi connectivity index (χ4v) is 1.50. The van der Waals surface area contributed by atoms with E-state index in [4.69, 9.17) is 21.4 Å². The van der Waals surface area contributed by atoms with Gasteiger partial charge in [-0.2, -0.15) is 9.97 Å². The van der Waals surface area contributed by atoms with Crippen LogP contribution in [0.25, 0.3) is 0 Å². The van der Waals surface area contributed by atoms with Crippen molar-refractivity contribution in [1.29, 1.82) is 0 Å². The molecule has 6 heteroatoms. The molecule has 0 bridgehead atoms. The first-order valence-corrected chi connectivity index (χ1v) is 4.63. The Morgan fingerprint density at radius 2 is 2.17 bits per heavy atom. The molecule has 1 heterocycles. The average Bonchev–Trinajstić information content (AvgIpc) is 2.08. The first kappa shape index (κ1) is 9.41. The second kappa shape index (κ2) is 3.82. The van der Waals surface area contributed by atoms with Crippen LogP contribution in [-0.4, -0.2) is 28.4 Å². The monoisotopic (exact) mass is 206 g/mol. The molecular formula is C6H7ClN2O2S. The maximum absolute atomic E-state index is 9.01. The van der Waals surface area contributed by atoms with Crippen LogP contribution in [0.5, 0.6) is 11.9 Å². The minimum Gasteiger partial charge on any atom is -0.480 e. The molecule has 1 aromatic heterocycles. The number of aromatic nitrogens is 2. The van der Waals surface area contributed by atoms with Gasteiger partial charge in [0.25, 0.3) is 0 Å². The molecule has 0 saturated carbocycles. The zero-order valence-electron chi connectivity index (χ0n) is 6.54. The van der Waals surface area contributed by atoms with Gasteiger partial charge in [0.15, 0.2) is 0 Å². The minimum absolute atomic E-state index is 0.188. The van der Waals surface area contributed by atoms with Crippen molar-refractivity contribution in [2.75, 3.05) is 13.4 Å².